The van der Waals surface area contributed by atoms with E-state index in [0.717, 1.165) is 6.26 Å². The number of halogens is 1. The van der Waals surface area contributed by atoms with Gasteiger partial charge >= 0.3 is 0 Å². The summed E-state index contributed by atoms with van der Waals surface area (Å²) in [6.07, 6.45) is 1.14. The van der Waals surface area contributed by atoms with Gasteiger partial charge in [-0.05, 0) is 24.6 Å². The second-order valence-corrected chi connectivity index (χ2v) is 6.25. The van der Waals surface area contributed by atoms with E-state index in [0.29, 0.717) is 5.56 Å². The highest BCUT2D eigenvalue weighted by Gasteiger charge is 2.15. The summed E-state index contributed by atoms with van der Waals surface area (Å²) in [4.78, 5) is 10.9. The van der Waals surface area contributed by atoms with Crippen molar-refractivity contribution in [3.8, 4) is 0 Å². The molecule has 5 heteroatoms. The summed E-state index contributed by atoms with van der Waals surface area (Å²) in [5, 5.41) is 0. The van der Waals surface area contributed by atoms with Crippen LogP contribution in [0.25, 0.3) is 0 Å². The first kappa shape index (κ1) is 12.4. The van der Waals surface area contributed by atoms with Crippen LogP contribution < -0.4 is 0 Å². The van der Waals surface area contributed by atoms with Gasteiger partial charge in [-0.3, -0.25) is 4.79 Å². The number of Topliss-reactive ketones (excluding diaryl/α,β-unsaturated/α-hetero) is 1. The van der Waals surface area contributed by atoms with Gasteiger partial charge in [0.2, 0.25) is 0 Å². The van der Waals surface area contributed by atoms with E-state index in [1.807, 2.05) is 0 Å². The van der Waals surface area contributed by atoms with Gasteiger partial charge in [0.25, 0.3) is 0 Å². The molecule has 0 fully saturated rings. The molecule has 0 aliphatic carbocycles. The van der Waals surface area contributed by atoms with Crippen molar-refractivity contribution in [2.45, 2.75) is 16.6 Å². The molecule has 0 heterocycles. The molecule has 15 heavy (non-hydrogen) atoms. The third kappa shape index (κ3) is 3.14. The highest BCUT2D eigenvalue weighted by Crippen LogP contribution is 2.25. The minimum absolute atomic E-state index is 0.0550. The molecule has 0 radical (unpaired) electrons. The third-order valence-electron chi connectivity index (χ3n) is 1.94. The average molecular weight is 291 g/mol. The second kappa shape index (κ2) is 4.45. The van der Waals surface area contributed by atoms with E-state index in [9.17, 15) is 13.2 Å². The van der Waals surface area contributed by atoms with Crippen LogP contribution in [0, 0.1) is 0 Å². The lowest BCUT2D eigenvalue weighted by atomic mass is 10.1. The summed E-state index contributed by atoms with van der Waals surface area (Å²) >= 11 is 3.21. The Morgan fingerprint density at radius 3 is 2.47 bits per heavy atom. The maximum atomic E-state index is 11.3. The summed E-state index contributed by atoms with van der Waals surface area (Å²) in [7, 11) is -3.22. The first-order chi connectivity index (χ1) is 6.82. The monoisotopic (exact) mass is 290 g/mol. The van der Waals surface area contributed by atoms with Crippen LogP contribution in [0.1, 0.15) is 17.3 Å². The molecule has 1 aromatic carbocycles. The van der Waals surface area contributed by atoms with Crippen molar-refractivity contribution in [1.29, 1.82) is 0 Å². The predicted octanol–water partition coefficient (Wildman–Crippen LogP) is 2.12. The first-order valence-corrected chi connectivity index (χ1v) is 7.07. The van der Waals surface area contributed by atoms with Gasteiger partial charge in [-0.15, -0.1) is 0 Å². The van der Waals surface area contributed by atoms with E-state index < -0.39 is 14.7 Å². The second-order valence-electron chi connectivity index (χ2n) is 3.32. The molecule has 0 saturated carbocycles. The lowest BCUT2D eigenvalue weighted by molar-refractivity contribution is -0.116. The Kier molecular flexibility index (Phi) is 3.67. The Morgan fingerprint density at radius 2 is 2.00 bits per heavy atom. The number of carbonyl (C=O) groups is 1. The van der Waals surface area contributed by atoms with Gasteiger partial charge in [-0.2, -0.15) is 0 Å². The zero-order valence-electron chi connectivity index (χ0n) is 8.40. The smallest absolute Gasteiger partial charge is 0.175 e. The minimum Gasteiger partial charge on any atom is -0.298 e. The van der Waals surface area contributed by atoms with Gasteiger partial charge in [-0.1, -0.05) is 28.1 Å². The molecule has 1 aromatic rings. The summed E-state index contributed by atoms with van der Waals surface area (Å²) in [5.74, 6) is -0.0550. The van der Waals surface area contributed by atoms with Gasteiger partial charge in [-0.25, -0.2) is 8.42 Å². The summed E-state index contributed by atoms with van der Waals surface area (Å²) in [6.45, 7) is 1.45. The average Bonchev–Trinajstić information content (AvgIpc) is 2.15. The largest absolute Gasteiger partial charge is 0.298 e. The van der Waals surface area contributed by atoms with Crippen molar-refractivity contribution in [3.63, 3.8) is 0 Å². The lowest BCUT2D eigenvalue weighted by Gasteiger charge is -2.07. The zero-order valence-corrected chi connectivity index (χ0v) is 10.8. The summed E-state index contributed by atoms with van der Waals surface area (Å²) in [6, 6.07) is 6.37. The molecule has 0 aliphatic rings. The zero-order chi connectivity index (χ0) is 11.6. The maximum Gasteiger partial charge on any atom is 0.175 e. The SMILES string of the molecule is CC(=O)C(Br)c1cccc(S(C)(=O)=O)c1. The molecular formula is C10H11BrO3S. The van der Waals surface area contributed by atoms with E-state index >= 15 is 0 Å². The van der Waals surface area contributed by atoms with Crippen LogP contribution in [-0.2, 0) is 14.6 Å². The van der Waals surface area contributed by atoms with E-state index in [-0.39, 0.29) is 10.7 Å². The molecule has 1 unspecified atom stereocenters. The molecule has 0 aromatic heterocycles. The summed E-state index contributed by atoms with van der Waals surface area (Å²) in [5.41, 5.74) is 0.658. The number of benzene rings is 1. The number of ketones is 1. The molecule has 0 N–H and O–H groups in total. The van der Waals surface area contributed by atoms with Gasteiger partial charge < -0.3 is 0 Å². The van der Waals surface area contributed by atoms with Crippen molar-refractivity contribution in [3.05, 3.63) is 29.8 Å². The number of hydrogen-bond donors (Lipinski definition) is 0. The van der Waals surface area contributed by atoms with Crippen LogP contribution in [-0.4, -0.2) is 20.5 Å². The molecule has 1 rings (SSSR count). The van der Waals surface area contributed by atoms with Crippen LogP contribution in [0.4, 0.5) is 0 Å². The minimum atomic E-state index is -3.22. The van der Waals surface area contributed by atoms with Crippen LogP contribution in [0.3, 0.4) is 0 Å². The van der Waals surface area contributed by atoms with E-state index in [1.165, 1.54) is 19.1 Å². The molecule has 3 nitrogen and oxygen atoms in total. The highest BCUT2D eigenvalue weighted by molar-refractivity contribution is 9.09. The molecule has 0 amide bonds. The fraction of sp³-hybridized carbons (Fsp3) is 0.300. The fourth-order valence-electron chi connectivity index (χ4n) is 1.14. The van der Waals surface area contributed by atoms with E-state index in [1.54, 1.807) is 12.1 Å². The molecular weight excluding hydrogens is 280 g/mol. The lowest BCUT2D eigenvalue weighted by Crippen LogP contribution is -2.03. The first-order valence-electron chi connectivity index (χ1n) is 4.27. The third-order valence-corrected chi connectivity index (χ3v) is 4.22. The highest BCUT2D eigenvalue weighted by atomic mass is 79.9. The molecule has 1 atom stereocenters. The topological polar surface area (TPSA) is 51.2 Å². The van der Waals surface area contributed by atoms with Gasteiger partial charge in [0.1, 0.15) is 5.78 Å². The van der Waals surface area contributed by atoms with Crippen molar-refractivity contribution >= 4 is 31.6 Å². The Balaban J connectivity index is 3.20. The Bertz CT molecular complexity index is 479. The predicted molar refractivity (Wildman–Crippen MR) is 61.9 cm³/mol. The standard InChI is InChI=1S/C10H11BrO3S/c1-7(12)10(11)8-4-3-5-9(6-8)15(2,13)14/h3-6,10H,1-2H3. The summed E-state index contributed by atoms with van der Waals surface area (Å²) < 4.78 is 22.6. The fourth-order valence-corrected chi connectivity index (χ4v) is 2.10. The molecule has 0 aliphatic heterocycles. The molecule has 82 valence electrons. The van der Waals surface area contributed by atoms with E-state index in [2.05, 4.69) is 15.9 Å². The van der Waals surface area contributed by atoms with Crippen LogP contribution in [0.2, 0.25) is 0 Å². The van der Waals surface area contributed by atoms with Crippen molar-refractivity contribution in [2.24, 2.45) is 0 Å². The number of sulfone groups is 1. The Labute approximate surface area is 97.5 Å². The number of carbonyl (C=O) groups excluding carboxylic acids is 1. The van der Waals surface area contributed by atoms with E-state index in [4.69, 9.17) is 0 Å². The van der Waals surface area contributed by atoms with Crippen LogP contribution >= 0.6 is 15.9 Å². The van der Waals surface area contributed by atoms with Crippen LogP contribution in [0.5, 0.6) is 0 Å². The van der Waals surface area contributed by atoms with Gasteiger partial charge in [0.15, 0.2) is 9.84 Å². The molecule has 0 bridgehead atoms. The normalized spacial score (nSPS) is 13.5. The maximum absolute atomic E-state index is 11.3. The quantitative estimate of drug-likeness (QED) is 0.801. The molecule has 0 spiro atoms. The Morgan fingerprint density at radius 1 is 1.40 bits per heavy atom. The van der Waals surface area contributed by atoms with Gasteiger partial charge in [0, 0.05) is 6.26 Å². The van der Waals surface area contributed by atoms with Crippen LogP contribution in [0.15, 0.2) is 29.2 Å². The number of alkyl halides is 1. The number of hydrogen-bond acceptors (Lipinski definition) is 3. The van der Waals surface area contributed by atoms with Crippen molar-refractivity contribution in [1.82, 2.24) is 0 Å². The van der Waals surface area contributed by atoms with Gasteiger partial charge in [0.05, 0.1) is 9.72 Å². The molecule has 0 saturated heterocycles. The van der Waals surface area contributed by atoms with Crippen molar-refractivity contribution in [2.75, 3.05) is 6.26 Å². The Hall–Kier alpha value is -0.680. The van der Waals surface area contributed by atoms with Crippen molar-refractivity contribution < 1.29 is 13.2 Å². The number of rotatable bonds is 3.